The molecule has 0 radical (unpaired) electrons. The lowest BCUT2D eigenvalue weighted by Crippen LogP contribution is -2.26. The maximum absolute atomic E-state index is 13.6. The van der Waals surface area contributed by atoms with Crippen LogP contribution >= 0.6 is 46.4 Å². The number of rotatable bonds is 6. The first-order valence-electron chi connectivity index (χ1n) is 21.3. The summed E-state index contributed by atoms with van der Waals surface area (Å²) >= 11 is 26.0. The molecule has 0 saturated carbocycles. The zero-order chi connectivity index (χ0) is 46.1. The number of H-pyrrole nitrogens is 2. The first-order valence-corrected chi connectivity index (χ1v) is 22.9. The number of aromatic nitrogens is 6. The molecule has 4 aromatic carbocycles. The number of fused-ring (bicyclic) bond motifs is 12. The largest absolute Gasteiger partial charge is 0.465 e. The molecule has 7 heterocycles. The van der Waals surface area contributed by atoms with Crippen LogP contribution in [0.3, 0.4) is 0 Å². The van der Waals surface area contributed by atoms with Gasteiger partial charge >= 0.3 is 11.9 Å². The number of esters is 2. The van der Waals surface area contributed by atoms with Crippen LogP contribution in [0.25, 0.3) is 78.7 Å². The van der Waals surface area contributed by atoms with Gasteiger partial charge in [0, 0.05) is 76.2 Å². The summed E-state index contributed by atoms with van der Waals surface area (Å²) in [5.41, 5.74) is 13.6. The van der Waals surface area contributed by atoms with Gasteiger partial charge in [0.25, 0.3) is 0 Å². The minimum Gasteiger partial charge on any atom is -0.465 e. The van der Waals surface area contributed by atoms with Crippen LogP contribution < -0.4 is 0 Å². The Morgan fingerprint density at radius 3 is 1.33 bits per heavy atom. The van der Waals surface area contributed by atoms with E-state index in [0.717, 1.165) is 89.4 Å². The van der Waals surface area contributed by atoms with Crippen LogP contribution in [-0.4, -0.2) is 55.9 Å². The lowest BCUT2D eigenvalue weighted by Gasteiger charge is -2.28. The van der Waals surface area contributed by atoms with Crippen molar-refractivity contribution < 1.29 is 19.1 Å². The highest BCUT2D eigenvalue weighted by Crippen LogP contribution is 2.51. The number of hydrogen-bond acceptors (Lipinski definition) is 7. The van der Waals surface area contributed by atoms with Gasteiger partial charge in [-0.05, 0) is 114 Å². The molecule has 0 aliphatic carbocycles. The van der Waals surface area contributed by atoms with Gasteiger partial charge < -0.3 is 19.4 Å². The summed E-state index contributed by atoms with van der Waals surface area (Å²) < 4.78 is 12.1. The van der Waals surface area contributed by atoms with Crippen molar-refractivity contribution in [1.29, 1.82) is 0 Å². The predicted octanol–water partition coefficient (Wildman–Crippen LogP) is 13.7. The smallest absolute Gasteiger partial charge is 0.359 e. The van der Waals surface area contributed by atoms with E-state index in [1.807, 2.05) is 109 Å². The number of benzene rings is 4. The first kappa shape index (κ1) is 42.7. The third kappa shape index (κ3) is 7.50. The third-order valence-corrected chi connectivity index (χ3v) is 13.7. The number of carbonyl (C=O) groups is 2. The highest BCUT2D eigenvalue weighted by molar-refractivity contribution is 6.31. The van der Waals surface area contributed by atoms with Crippen molar-refractivity contribution in [2.45, 2.75) is 24.8 Å². The average Bonchev–Trinajstić information content (AvgIpc) is 4.21. The Hall–Kier alpha value is -6.95. The van der Waals surface area contributed by atoms with E-state index in [4.69, 9.17) is 70.9 Å². The minimum absolute atomic E-state index is 0.0685. The number of carbonyl (C=O) groups excluding carboxylic acids is 2. The van der Waals surface area contributed by atoms with Crippen molar-refractivity contribution in [3.8, 4) is 44.5 Å². The van der Waals surface area contributed by atoms with Gasteiger partial charge in [0.2, 0.25) is 0 Å². The van der Waals surface area contributed by atoms with Gasteiger partial charge in [-0.25, -0.2) is 14.6 Å². The third-order valence-electron chi connectivity index (χ3n) is 12.7. The van der Waals surface area contributed by atoms with Crippen molar-refractivity contribution in [3.05, 3.63) is 181 Å². The molecule has 0 saturated heterocycles. The molecule has 2 N–H and O–H groups in total. The number of nitrogens with zero attached hydrogens (tertiary/aromatic N) is 4. The molecule has 2 atom stereocenters. The maximum atomic E-state index is 13.6. The van der Waals surface area contributed by atoms with E-state index < -0.39 is 11.9 Å². The van der Waals surface area contributed by atoms with Gasteiger partial charge in [0.1, 0.15) is 5.56 Å². The summed E-state index contributed by atoms with van der Waals surface area (Å²) in [7, 11) is 2.55. The summed E-state index contributed by atoms with van der Waals surface area (Å²) in [6.45, 7) is 0.272. The van der Waals surface area contributed by atoms with Crippen LogP contribution in [-0.2, 0) is 22.4 Å². The van der Waals surface area contributed by atoms with Gasteiger partial charge in [-0.1, -0.05) is 94.9 Å². The molecule has 10 nitrogen and oxygen atoms in total. The minimum atomic E-state index is -0.738. The molecule has 0 spiro atoms. The summed E-state index contributed by atoms with van der Waals surface area (Å²) in [6, 6.07) is 39.1. The highest BCUT2D eigenvalue weighted by atomic mass is 35.5. The van der Waals surface area contributed by atoms with Crippen LogP contribution in [0.4, 0.5) is 0 Å². The van der Waals surface area contributed by atoms with Gasteiger partial charge in [-0.15, -0.1) is 0 Å². The number of nitrogens with one attached hydrogen (secondary N) is 2. The van der Waals surface area contributed by atoms with Crippen molar-refractivity contribution in [2.75, 3.05) is 14.2 Å². The average molecular weight is 963 g/mol. The molecule has 0 amide bonds. The molecule has 3 aliphatic heterocycles. The molecule has 2 unspecified atom stereocenters. The second kappa shape index (κ2) is 17.0. The van der Waals surface area contributed by atoms with E-state index in [1.54, 1.807) is 4.68 Å². The van der Waals surface area contributed by atoms with Crippen LogP contribution in [0.2, 0.25) is 20.1 Å². The number of aromatic amines is 2. The molecular weight excluding hydrogens is 926 g/mol. The normalized spacial score (nSPS) is 15.0. The fourth-order valence-corrected chi connectivity index (χ4v) is 10.2. The van der Waals surface area contributed by atoms with E-state index >= 15 is 0 Å². The van der Waals surface area contributed by atoms with Crippen LogP contribution in [0.15, 0.2) is 121 Å². The zero-order valence-corrected chi connectivity index (χ0v) is 38.7. The SMILES string of the molecule is COC(=O)c1nn2c(c1C(=O)OC)CC1c3nc(c(-c4ccc(Cl)cc4)c4ccc([nH]4)c(-c4ccc(Cl)cc4)c4nc(c(-c5ccc(Cl)cc5)c5ccc([nH]5)c3-c3ccc(Cl)cc3)C=C4)C1C2. The number of halogens is 4. The van der Waals surface area contributed by atoms with Crippen LogP contribution in [0.5, 0.6) is 0 Å². The van der Waals surface area contributed by atoms with Gasteiger partial charge in [-0.3, -0.25) is 9.67 Å². The lowest BCUT2D eigenvalue weighted by molar-refractivity contribution is 0.0551. The second-order valence-electron chi connectivity index (χ2n) is 16.4. The van der Waals surface area contributed by atoms with Crippen LogP contribution in [0.1, 0.15) is 61.2 Å². The summed E-state index contributed by atoms with van der Waals surface area (Å²) in [4.78, 5) is 45.7. The van der Waals surface area contributed by atoms with E-state index in [0.29, 0.717) is 25.8 Å². The first-order chi connectivity index (χ1) is 32.6. The van der Waals surface area contributed by atoms with E-state index in [-0.39, 0.29) is 36.1 Å². The summed E-state index contributed by atoms with van der Waals surface area (Å²) in [6.07, 6.45) is 4.35. The van der Waals surface area contributed by atoms with E-state index in [9.17, 15) is 9.59 Å². The summed E-state index contributed by atoms with van der Waals surface area (Å²) in [5.74, 6) is -2.08. The van der Waals surface area contributed by atoms with Gasteiger partial charge in [0.05, 0.1) is 49.2 Å². The van der Waals surface area contributed by atoms with E-state index in [1.165, 1.54) is 14.2 Å². The molecular formula is C53H36Cl4N6O4. The lowest BCUT2D eigenvalue weighted by atomic mass is 9.79. The fraction of sp³-hybridized carbons (Fsp3) is 0.113. The van der Waals surface area contributed by atoms with Crippen molar-refractivity contribution in [1.82, 2.24) is 29.7 Å². The molecule has 4 aromatic heterocycles. The second-order valence-corrected chi connectivity index (χ2v) is 18.2. The Kier molecular flexibility index (Phi) is 10.9. The Bertz CT molecular complexity index is 3520. The van der Waals surface area contributed by atoms with E-state index in [2.05, 4.69) is 34.2 Å². The number of hydrogen-bond donors (Lipinski definition) is 2. The molecule has 11 rings (SSSR count). The molecule has 8 aromatic rings. The molecule has 0 fully saturated rings. The van der Waals surface area contributed by atoms with Gasteiger partial charge in [-0.2, -0.15) is 5.10 Å². The van der Waals surface area contributed by atoms with Crippen molar-refractivity contribution in [3.63, 3.8) is 0 Å². The fourth-order valence-electron chi connectivity index (χ4n) is 9.66. The Morgan fingerprint density at radius 1 is 0.522 bits per heavy atom. The molecule has 67 heavy (non-hydrogen) atoms. The molecule has 8 bridgehead atoms. The Balaban J connectivity index is 1.33. The quantitative estimate of drug-likeness (QED) is 0.159. The Morgan fingerprint density at radius 2 is 0.910 bits per heavy atom. The van der Waals surface area contributed by atoms with Gasteiger partial charge in [0.15, 0.2) is 5.69 Å². The van der Waals surface area contributed by atoms with Crippen molar-refractivity contribution >= 4 is 92.6 Å². The van der Waals surface area contributed by atoms with Crippen molar-refractivity contribution in [2.24, 2.45) is 0 Å². The summed E-state index contributed by atoms with van der Waals surface area (Å²) in [5, 5.41) is 7.11. The monoisotopic (exact) mass is 960 g/mol. The predicted molar refractivity (Wildman–Crippen MR) is 266 cm³/mol. The maximum Gasteiger partial charge on any atom is 0.359 e. The topological polar surface area (TPSA) is 128 Å². The Labute approximate surface area is 403 Å². The zero-order valence-electron chi connectivity index (χ0n) is 35.7. The van der Waals surface area contributed by atoms with Crippen LogP contribution in [0, 0.1) is 0 Å². The molecule has 330 valence electrons. The number of methoxy groups -OCH3 is 2. The molecule has 14 heteroatoms. The standard InChI is InChI=1S/C53H36Cl4N6O4/c1-66-52(64)48-43-25-35-36(26-63(43)62-51(48)53(65)67-2)50-47(30-9-17-34(57)18-10-30)42-24-22-40(60-42)45(28-5-13-32(55)14-6-28)38-20-19-37(58-38)44(27-3-11-31(54)12-4-27)39-21-23-41(59-39)46(49(35)61-50)29-7-15-33(56)16-8-29/h3-24,35-36,59-60H,25-26H2,1-2H3. The number of ether oxygens (including phenoxy) is 2. The molecule has 3 aliphatic rings. The highest BCUT2D eigenvalue weighted by Gasteiger charge is 2.44.